The van der Waals surface area contributed by atoms with E-state index in [0.29, 0.717) is 5.69 Å². The number of azo groups is 1. The van der Waals surface area contributed by atoms with Crippen LogP contribution in [0.15, 0.2) is 68.8 Å². The number of unbranched alkanes of at least 4 members (excludes halogenated alkanes) is 3. The molecule has 0 saturated carbocycles. The smallest absolute Gasteiger partial charge is 0.276 e. The molecule has 0 heterocycles. The van der Waals surface area contributed by atoms with E-state index in [-0.39, 0.29) is 4.90 Å². The summed E-state index contributed by atoms with van der Waals surface area (Å²) in [5, 5.41) is 12.1. The van der Waals surface area contributed by atoms with Crippen LogP contribution >= 0.6 is 0 Å². The van der Waals surface area contributed by atoms with Gasteiger partial charge in [-0.3, -0.25) is 0 Å². The van der Waals surface area contributed by atoms with Crippen molar-refractivity contribution in [3.05, 3.63) is 48.5 Å². The molecule has 0 unspecified atom stereocenters. The Morgan fingerprint density at radius 2 is 1.50 bits per heavy atom. The normalized spacial score (nSPS) is 12.0. The molecule has 8 heteroatoms. The third kappa shape index (κ3) is 6.77. The van der Waals surface area contributed by atoms with Gasteiger partial charge in [0, 0.05) is 26.0 Å². The monoisotopic (exact) mass is 401 g/mol. The summed E-state index contributed by atoms with van der Waals surface area (Å²) in [4.78, 5) is 4.36. The summed E-state index contributed by atoms with van der Waals surface area (Å²) in [5.41, 5.74) is 2.37. The third-order valence-electron chi connectivity index (χ3n) is 4.00. The van der Waals surface area contributed by atoms with Crippen LogP contribution in [-0.4, -0.2) is 28.7 Å². The highest BCUT2D eigenvalue weighted by Gasteiger charge is 2.12. The Labute approximate surface area is 167 Å². The Hall–Kier alpha value is -2.74. The van der Waals surface area contributed by atoms with Crippen LogP contribution in [0.25, 0.3) is 0 Å². The number of benzene rings is 2. The van der Waals surface area contributed by atoms with Gasteiger partial charge in [0.1, 0.15) is 0 Å². The predicted octanol–water partition coefficient (Wildman–Crippen LogP) is 5.01. The minimum Gasteiger partial charge on any atom is -0.378 e. The number of sulfonamides is 1. The van der Waals surface area contributed by atoms with E-state index in [2.05, 4.69) is 27.1 Å². The predicted molar refractivity (Wildman–Crippen MR) is 114 cm³/mol. The zero-order chi connectivity index (χ0) is 20.4. The maximum Gasteiger partial charge on any atom is 0.276 e. The van der Waals surface area contributed by atoms with E-state index in [9.17, 15) is 8.42 Å². The highest BCUT2D eigenvalue weighted by Crippen LogP contribution is 2.22. The Bertz CT molecular complexity index is 889. The van der Waals surface area contributed by atoms with Crippen molar-refractivity contribution in [2.45, 2.75) is 37.5 Å². The lowest BCUT2D eigenvalue weighted by atomic mass is 10.2. The van der Waals surface area contributed by atoms with E-state index in [1.165, 1.54) is 12.1 Å². The van der Waals surface area contributed by atoms with Gasteiger partial charge >= 0.3 is 0 Å². The molecule has 2 aromatic carbocycles. The van der Waals surface area contributed by atoms with E-state index in [0.717, 1.165) is 37.1 Å². The molecule has 150 valence electrons. The van der Waals surface area contributed by atoms with Gasteiger partial charge in [-0.1, -0.05) is 19.8 Å². The lowest BCUT2D eigenvalue weighted by molar-refractivity contribution is 0.584. The molecule has 2 rings (SSSR count). The molecule has 0 amide bonds. The number of hydrazone groups is 1. The maximum atomic E-state index is 12.2. The average molecular weight is 402 g/mol. The maximum absolute atomic E-state index is 12.2. The van der Waals surface area contributed by atoms with Crippen LogP contribution in [0.2, 0.25) is 0 Å². The molecule has 0 aromatic heterocycles. The summed E-state index contributed by atoms with van der Waals surface area (Å²) >= 11 is 0. The molecule has 1 N–H and O–H groups in total. The lowest BCUT2D eigenvalue weighted by Crippen LogP contribution is -2.18. The van der Waals surface area contributed by atoms with Crippen molar-refractivity contribution in [2.24, 2.45) is 15.3 Å². The van der Waals surface area contributed by atoms with E-state index < -0.39 is 10.0 Å². The number of hydrogen-bond donors (Lipinski definition) is 1. The van der Waals surface area contributed by atoms with E-state index in [1.54, 1.807) is 18.3 Å². The van der Waals surface area contributed by atoms with E-state index in [4.69, 9.17) is 0 Å². The molecule has 0 spiro atoms. The van der Waals surface area contributed by atoms with Gasteiger partial charge in [0.15, 0.2) is 0 Å². The minimum absolute atomic E-state index is 0.132. The standard InChI is InChI=1S/C20H27N5O2S/c1-4-5-6-7-16-21-24-28(26,27)20-14-10-18(11-15-20)23-22-17-8-12-19(13-9-17)25(2)3/h8-16,24H,4-7H2,1-3H3/b21-16+,23-22?. The number of anilines is 1. The second kappa shape index (κ2) is 10.6. The van der Waals surface area contributed by atoms with Gasteiger partial charge in [0.05, 0.1) is 16.3 Å². The molecule has 7 nitrogen and oxygen atoms in total. The summed E-state index contributed by atoms with van der Waals surface area (Å²) in [6, 6.07) is 13.8. The first-order chi connectivity index (χ1) is 13.4. The molecule has 2 aromatic rings. The van der Waals surface area contributed by atoms with Crippen LogP contribution in [0.5, 0.6) is 0 Å². The molecule has 0 bridgehead atoms. The SMILES string of the molecule is CCCCC/C=N/NS(=O)(=O)c1ccc(N=Nc2ccc(N(C)C)cc2)cc1. The Balaban J connectivity index is 1.96. The van der Waals surface area contributed by atoms with Gasteiger partial charge in [-0.25, -0.2) is 4.83 Å². The number of hydrogen-bond acceptors (Lipinski definition) is 6. The highest BCUT2D eigenvalue weighted by molar-refractivity contribution is 7.89. The highest BCUT2D eigenvalue weighted by atomic mass is 32.2. The first kappa shape index (κ1) is 21.6. The van der Waals surface area contributed by atoms with Gasteiger partial charge in [-0.15, -0.1) is 0 Å². The molecule has 28 heavy (non-hydrogen) atoms. The Morgan fingerprint density at radius 3 is 2.04 bits per heavy atom. The van der Waals surface area contributed by atoms with Crippen LogP contribution in [0.4, 0.5) is 17.1 Å². The van der Waals surface area contributed by atoms with Crippen molar-refractivity contribution in [1.29, 1.82) is 0 Å². The zero-order valence-electron chi connectivity index (χ0n) is 16.5. The Morgan fingerprint density at radius 1 is 0.929 bits per heavy atom. The quantitative estimate of drug-likeness (QED) is 0.263. The van der Waals surface area contributed by atoms with Crippen molar-refractivity contribution < 1.29 is 8.42 Å². The third-order valence-corrected chi connectivity index (χ3v) is 5.23. The number of nitrogens with zero attached hydrogens (tertiary/aromatic N) is 4. The molecular weight excluding hydrogens is 374 g/mol. The zero-order valence-corrected chi connectivity index (χ0v) is 17.4. The fraction of sp³-hybridized carbons (Fsp3) is 0.350. The summed E-state index contributed by atoms with van der Waals surface area (Å²) in [6.07, 6.45) is 5.57. The summed E-state index contributed by atoms with van der Waals surface area (Å²) in [5.74, 6) is 0. The largest absolute Gasteiger partial charge is 0.378 e. The Kier molecular flexibility index (Phi) is 8.13. The molecule has 0 aliphatic heterocycles. The first-order valence-corrected chi connectivity index (χ1v) is 10.7. The number of rotatable bonds is 10. The van der Waals surface area contributed by atoms with Crippen LogP contribution < -0.4 is 9.73 Å². The molecule has 0 fully saturated rings. The van der Waals surface area contributed by atoms with Crippen molar-refractivity contribution >= 4 is 33.3 Å². The molecular formula is C20H27N5O2S. The van der Waals surface area contributed by atoms with Crippen LogP contribution in [0.3, 0.4) is 0 Å². The van der Waals surface area contributed by atoms with Crippen LogP contribution in [-0.2, 0) is 10.0 Å². The van der Waals surface area contributed by atoms with Crippen molar-refractivity contribution in [2.75, 3.05) is 19.0 Å². The van der Waals surface area contributed by atoms with Crippen LogP contribution in [0, 0.1) is 0 Å². The second-order valence-corrected chi connectivity index (χ2v) is 8.17. The lowest BCUT2D eigenvalue weighted by Gasteiger charge is -2.11. The molecule has 0 radical (unpaired) electrons. The summed E-state index contributed by atoms with van der Waals surface area (Å²) < 4.78 is 24.4. The number of nitrogens with one attached hydrogen (secondary N) is 1. The van der Waals surface area contributed by atoms with E-state index >= 15 is 0 Å². The first-order valence-electron chi connectivity index (χ1n) is 9.25. The van der Waals surface area contributed by atoms with Crippen molar-refractivity contribution in [3.8, 4) is 0 Å². The molecule has 0 aliphatic carbocycles. The van der Waals surface area contributed by atoms with Gasteiger partial charge < -0.3 is 4.90 Å². The van der Waals surface area contributed by atoms with Gasteiger partial charge in [0.25, 0.3) is 10.0 Å². The summed E-state index contributed by atoms with van der Waals surface area (Å²) in [6.45, 7) is 2.11. The van der Waals surface area contributed by atoms with Gasteiger partial charge in [0.2, 0.25) is 0 Å². The van der Waals surface area contributed by atoms with Crippen molar-refractivity contribution in [1.82, 2.24) is 4.83 Å². The second-order valence-electron chi connectivity index (χ2n) is 6.51. The van der Waals surface area contributed by atoms with Crippen LogP contribution in [0.1, 0.15) is 32.6 Å². The van der Waals surface area contributed by atoms with Gasteiger partial charge in [-0.2, -0.15) is 23.7 Å². The van der Waals surface area contributed by atoms with Crippen molar-refractivity contribution in [3.63, 3.8) is 0 Å². The molecule has 0 atom stereocenters. The fourth-order valence-corrected chi connectivity index (χ4v) is 3.15. The average Bonchev–Trinajstić information content (AvgIpc) is 2.69. The molecule has 0 saturated heterocycles. The van der Waals surface area contributed by atoms with Gasteiger partial charge in [-0.05, 0) is 61.4 Å². The minimum atomic E-state index is -3.67. The van der Waals surface area contributed by atoms with E-state index in [1.807, 2.05) is 43.3 Å². The summed E-state index contributed by atoms with van der Waals surface area (Å²) in [7, 11) is 0.267. The molecule has 0 aliphatic rings. The topological polar surface area (TPSA) is 86.5 Å². The fourth-order valence-electron chi connectivity index (χ4n) is 2.33.